The van der Waals surface area contributed by atoms with Gasteiger partial charge in [0, 0.05) is 6.42 Å². The highest BCUT2D eigenvalue weighted by molar-refractivity contribution is 5.68. The van der Waals surface area contributed by atoms with Crippen molar-refractivity contribution in [2.24, 2.45) is 0 Å². The first kappa shape index (κ1) is 17.8. The van der Waals surface area contributed by atoms with Crippen molar-refractivity contribution in [1.82, 2.24) is 5.32 Å². The maximum Gasteiger partial charge on any atom is 0.408 e. The minimum Gasteiger partial charge on any atom is -0.491 e. The maximum absolute atomic E-state index is 11.7. The summed E-state index contributed by atoms with van der Waals surface area (Å²) in [5, 5.41) is 11.7. The van der Waals surface area contributed by atoms with E-state index in [0.29, 0.717) is 6.42 Å². The number of rotatable bonds is 5. The molecule has 1 aromatic carbocycles. The number of hydrogen-bond donors (Lipinski definition) is 1. The third-order valence-electron chi connectivity index (χ3n) is 2.58. The number of carbonyl (C=O) groups excluding carboxylic acids is 1. The van der Waals surface area contributed by atoms with E-state index in [1.165, 1.54) is 0 Å². The number of benzene rings is 1. The summed E-state index contributed by atoms with van der Waals surface area (Å²) in [6.45, 7) is 9.26. The lowest BCUT2D eigenvalue weighted by Gasteiger charge is -2.21. The van der Waals surface area contributed by atoms with Crippen molar-refractivity contribution in [2.45, 2.75) is 58.8 Å². The summed E-state index contributed by atoms with van der Waals surface area (Å²) in [5.41, 5.74) is 0.360. The van der Waals surface area contributed by atoms with E-state index in [9.17, 15) is 4.79 Å². The number of amides is 1. The Bertz CT molecular complexity index is 524. The Kier molecular flexibility index (Phi) is 6.24. The molecular weight excluding hydrogens is 280 g/mol. The van der Waals surface area contributed by atoms with Crippen molar-refractivity contribution < 1.29 is 14.3 Å². The van der Waals surface area contributed by atoms with Crippen LogP contribution in [0.4, 0.5) is 4.79 Å². The Morgan fingerprint density at radius 1 is 1.27 bits per heavy atom. The zero-order valence-corrected chi connectivity index (χ0v) is 13.8. The van der Waals surface area contributed by atoms with Crippen molar-refractivity contribution in [3.05, 3.63) is 29.8 Å². The van der Waals surface area contributed by atoms with E-state index in [2.05, 4.69) is 11.4 Å². The molecule has 1 unspecified atom stereocenters. The Hall–Kier alpha value is -2.22. The largest absolute Gasteiger partial charge is 0.491 e. The lowest BCUT2D eigenvalue weighted by Crippen LogP contribution is -2.39. The van der Waals surface area contributed by atoms with Crippen LogP contribution >= 0.6 is 0 Å². The predicted octanol–water partition coefficient (Wildman–Crippen LogP) is 3.43. The Balaban J connectivity index is 2.59. The number of nitriles is 1. The first-order chi connectivity index (χ1) is 10.2. The van der Waals surface area contributed by atoms with Gasteiger partial charge in [0.2, 0.25) is 0 Å². The number of nitrogens with zero attached hydrogens (tertiary/aromatic N) is 1. The van der Waals surface area contributed by atoms with Crippen LogP contribution in [0.15, 0.2) is 24.3 Å². The Morgan fingerprint density at radius 2 is 1.86 bits per heavy atom. The quantitative estimate of drug-likeness (QED) is 0.904. The van der Waals surface area contributed by atoms with E-state index < -0.39 is 17.7 Å². The van der Waals surface area contributed by atoms with E-state index in [-0.39, 0.29) is 6.10 Å². The van der Waals surface area contributed by atoms with Gasteiger partial charge in [0.1, 0.15) is 17.4 Å². The summed E-state index contributed by atoms with van der Waals surface area (Å²) in [5.74, 6) is 0.785. The minimum atomic E-state index is -0.633. The van der Waals surface area contributed by atoms with Gasteiger partial charge in [-0.05, 0) is 52.3 Å². The molecule has 1 amide bonds. The van der Waals surface area contributed by atoms with Gasteiger partial charge in [0.15, 0.2) is 0 Å². The standard InChI is InChI=1S/C17H24N2O3/c1-12(2)21-15-8-6-13(7-9-15)10-14(11-18)19-16(20)22-17(3,4)5/h6-9,12,14H,10H2,1-5H3,(H,19,20). The average molecular weight is 304 g/mol. The van der Waals surface area contributed by atoms with Crippen molar-refractivity contribution in [3.8, 4) is 11.8 Å². The summed E-state index contributed by atoms with van der Waals surface area (Å²) in [6.07, 6.45) is -0.0529. The van der Waals surface area contributed by atoms with Crippen LogP contribution in [0.25, 0.3) is 0 Å². The normalized spacial score (nSPS) is 12.4. The summed E-state index contributed by atoms with van der Waals surface area (Å²) >= 11 is 0. The summed E-state index contributed by atoms with van der Waals surface area (Å²) < 4.78 is 10.7. The molecule has 0 bridgehead atoms. The molecule has 1 rings (SSSR count). The molecule has 0 spiro atoms. The van der Waals surface area contributed by atoms with Crippen molar-refractivity contribution in [2.75, 3.05) is 0 Å². The lowest BCUT2D eigenvalue weighted by atomic mass is 10.1. The molecule has 0 radical (unpaired) electrons. The minimum absolute atomic E-state index is 0.117. The molecular formula is C17H24N2O3. The molecule has 5 nitrogen and oxygen atoms in total. The number of nitrogens with one attached hydrogen (secondary N) is 1. The SMILES string of the molecule is CC(C)Oc1ccc(CC(C#N)NC(=O)OC(C)(C)C)cc1. The van der Waals surface area contributed by atoms with Crippen LogP contribution in [0.2, 0.25) is 0 Å². The third kappa shape index (κ3) is 6.98. The highest BCUT2D eigenvalue weighted by atomic mass is 16.6. The molecule has 1 aromatic rings. The van der Waals surface area contributed by atoms with Crippen molar-refractivity contribution >= 4 is 6.09 Å². The smallest absolute Gasteiger partial charge is 0.408 e. The van der Waals surface area contributed by atoms with Crippen LogP contribution in [0.5, 0.6) is 5.75 Å². The van der Waals surface area contributed by atoms with E-state index in [4.69, 9.17) is 14.7 Å². The second-order valence-corrected chi connectivity index (χ2v) is 6.34. The van der Waals surface area contributed by atoms with Gasteiger partial charge in [-0.2, -0.15) is 5.26 Å². The Morgan fingerprint density at radius 3 is 2.32 bits per heavy atom. The van der Waals surface area contributed by atoms with Gasteiger partial charge >= 0.3 is 6.09 Å². The fourth-order valence-corrected chi connectivity index (χ4v) is 1.79. The van der Waals surface area contributed by atoms with Gasteiger partial charge in [0.25, 0.3) is 0 Å². The summed E-state index contributed by atoms with van der Waals surface area (Å²) in [4.78, 5) is 11.7. The molecule has 0 aromatic heterocycles. The van der Waals surface area contributed by atoms with Crippen LogP contribution in [-0.4, -0.2) is 23.8 Å². The molecule has 0 aliphatic rings. The zero-order chi connectivity index (χ0) is 16.8. The van der Waals surface area contributed by atoms with Crippen LogP contribution in [0.3, 0.4) is 0 Å². The molecule has 0 saturated heterocycles. The van der Waals surface area contributed by atoms with Gasteiger partial charge < -0.3 is 14.8 Å². The highest BCUT2D eigenvalue weighted by Crippen LogP contribution is 2.15. The van der Waals surface area contributed by atoms with E-state index in [1.807, 2.05) is 38.1 Å². The highest BCUT2D eigenvalue weighted by Gasteiger charge is 2.19. The monoisotopic (exact) mass is 304 g/mol. The summed E-state index contributed by atoms with van der Waals surface area (Å²) in [6, 6.07) is 8.93. The fourth-order valence-electron chi connectivity index (χ4n) is 1.79. The molecule has 0 aliphatic carbocycles. The van der Waals surface area contributed by atoms with Gasteiger partial charge in [-0.25, -0.2) is 4.79 Å². The average Bonchev–Trinajstić information content (AvgIpc) is 2.37. The molecule has 1 atom stereocenters. The molecule has 0 fully saturated rings. The van der Waals surface area contributed by atoms with Gasteiger partial charge in [-0.1, -0.05) is 12.1 Å². The van der Waals surface area contributed by atoms with Gasteiger partial charge in [-0.3, -0.25) is 0 Å². The van der Waals surface area contributed by atoms with Crippen molar-refractivity contribution in [1.29, 1.82) is 5.26 Å². The molecule has 22 heavy (non-hydrogen) atoms. The molecule has 120 valence electrons. The lowest BCUT2D eigenvalue weighted by molar-refractivity contribution is 0.0516. The number of alkyl carbamates (subject to hydrolysis) is 1. The molecule has 5 heteroatoms. The van der Waals surface area contributed by atoms with E-state index >= 15 is 0 Å². The van der Waals surface area contributed by atoms with E-state index in [0.717, 1.165) is 11.3 Å². The molecule has 0 aliphatic heterocycles. The van der Waals surface area contributed by atoms with E-state index in [1.54, 1.807) is 20.8 Å². The van der Waals surface area contributed by atoms with Crippen LogP contribution < -0.4 is 10.1 Å². The van der Waals surface area contributed by atoms with Crippen molar-refractivity contribution in [3.63, 3.8) is 0 Å². The third-order valence-corrected chi connectivity index (χ3v) is 2.58. The number of carbonyl (C=O) groups is 1. The first-order valence-corrected chi connectivity index (χ1v) is 7.34. The fraction of sp³-hybridized carbons (Fsp3) is 0.529. The van der Waals surface area contributed by atoms with Crippen LogP contribution in [-0.2, 0) is 11.2 Å². The number of hydrogen-bond acceptors (Lipinski definition) is 4. The number of ether oxygens (including phenoxy) is 2. The van der Waals surface area contributed by atoms with Gasteiger partial charge in [-0.15, -0.1) is 0 Å². The molecule has 1 N–H and O–H groups in total. The zero-order valence-electron chi connectivity index (χ0n) is 13.8. The van der Waals surface area contributed by atoms with Crippen LogP contribution in [0.1, 0.15) is 40.2 Å². The topological polar surface area (TPSA) is 71.3 Å². The van der Waals surface area contributed by atoms with Crippen LogP contribution in [0, 0.1) is 11.3 Å². The first-order valence-electron chi connectivity index (χ1n) is 7.34. The predicted molar refractivity (Wildman–Crippen MR) is 84.7 cm³/mol. The molecule has 0 saturated carbocycles. The van der Waals surface area contributed by atoms with Gasteiger partial charge in [0.05, 0.1) is 12.2 Å². The Labute approximate surface area is 132 Å². The molecule has 0 heterocycles. The summed E-state index contributed by atoms with van der Waals surface area (Å²) in [7, 11) is 0. The maximum atomic E-state index is 11.7. The second kappa shape index (κ2) is 7.69. The second-order valence-electron chi connectivity index (χ2n) is 6.34.